The lowest BCUT2D eigenvalue weighted by Gasteiger charge is -2.08. The zero-order chi connectivity index (χ0) is 14.8. The highest BCUT2D eigenvalue weighted by atomic mass is 19.4. The monoisotopic (exact) mass is 286 g/mol. The molecule has 0 saturated carbocycles. The molecule has 2 rings (SSSR count). The second kappa shape index (κ2) is 5.19. The molecule has 0 radical (unpaired) electrons. The predicted molar refractivity (Wildman–Crippen MR) is 62.8 cm³/mol. The fourth-order valence-corrected chi connectivity index (χ4v) is 1.37. The number of nitrogens with two attached hydrogens (primary N) is 1. The lowest BCUT2D eigenvalue weighted by molar-refractivity contribution is -0.115. The predicted octanol–water partition coefficient (Wildman–Crippen LogP) is 1.81. The molecule has 0 atom stereocenters. The van der Waals surface area contributed by atoms with Crippen LogP contribution in [-0.2, 0) is 0 Å². The zero-order valence-corrected chi connectivity index (χ0v) is 9.94. The van der Waals surface area contributed by atoms with E-state index in [0.717, 1.165) is 6.26 Å². The zero-order valence-electron chi connectivity index (χ0n) is 9.94. The van der Waals surface area contributed by atoms with Crippen molar-refractivity contribution in [2.24, 2.45) is 5.73 Å². The molecule has 0 saturated heterocycles. The summed E-state index contributed by atoms with van der Waals surface area (Å²) in [4.78, 5) is 18.4. The molecule has 106 valence electrons. The number of rotatable bonds is 4. The molecule has 20 heavy (non-hydrogen) atoms. The summed E-state index contributed by atoms with van der Waals surface area (Å²) < 4.78 is 41.3. The number of primary amides is 1. The van der Waals surface area contributed by atoms with Crippen LogP contribution in [0.3, 0.4) is 0 Å². The number of aromatic nitrogens is 2. The number of halogens is 3. The minimum absolute atomic E-state index is 0.0126. The number of alkyl halides is 3. The van der Waals surface area contributed by atoms with Crippen LogP contribution in [0.2, 0.25) is 0 Å². The first kappa shape index (κ1) is 13.8. The van der Waals surface area contributed by atoms with Crippen LogP contribution >= 0.6 is 0 Å². The van der Waals surface area contributed by atoms with E-state index in [1.54, 1.807) is 0 Å². The van der Waals surface area contributed by atoms with Crippen LogP contribution in [0.4, 0.5) is 19.0 Å². The van der Waals surface area contributed by atoms with Gasteiger partial charge in [0, 0.05) is 11.8 Å². The Labute approximate surface area is 110 Å². The average Bonchev–Trinajstić information content (AvgIpc) is 2.86. The Morgan fingerprint density at radius 3 is 2.80 bits per heavy atom. The van der Waals surface area contributed by atoms with E-state index in [4.69, 9.17) is 10.2 Å². The van der Waals surface area contributed by atoms with Gasteiger partial charge in [-0.3, -0.25) is 4.79 Å². The van der Waals surface area contributed by atoms with E-state index in [9.17, 15) is 18.0 Å². The molecule has 0 aliphatic carbocycles. The molecular weight excluding hydrogens is 277 g/mol. The van der Waals surface area contributed by atoms with Crippen LogP contribution in [0.15, 0.2) is 29.0 Å². The molecule has 0 bridgehead atoms. The Hall–Kier alpha value is -2.58. The molecule has 0 aliphatic heterocycles. The summed E-state index contributed by atoms with van der Waals surface area (Å²) in [5, 5.41) is 2.13. The molecule has 2 aromatic heterocycles. The third kappa shape index (κ3) is 3.46. The first-order valence-corrected chi connectivity index (χ1v) is 5.37. The van der Waals surface area contributed by atoms with Gasteiger partial charge < -0.3 is 15.5 Å². The SMILES string of the molecule is NC(=O)c1coc(-c2ccnc(NCC(F)(F)F)c2)n1. The van der Waals surface area contributed by atoms with Crippen molar-refractivity contribution in [2.75, 3.05) is 11.9 Å². The summed E-state index contributed by atoms with van der Waals surface area (Å²) in [6.07, 6.45) is -1.98. The number of hydrogen-bond donors (Lipinski definition) is 2. The van der Waals surface area contributed by atoms with E-state index in [-0.39, 0.29) is 17.4 Å². The Kier molecular flexibility index (Phi) is 3.59. The molecule has 1 amide bonds. The lowest BCUT2D eigenvalue weighted by atomic mass is 10.2. The maximum Gasteiger partial charge on any atom is 0.405 e. The quantitative estimate of drug-likeness (QED) is 0.893. The molecule has 0 unspecified atom stereocenters. The number of amides is 1. The molecule has 3 N–H and O–H groups in total. The van der Waals surface area contributed by atoms with Crippen LogP contribution in [0.1, 0.15) is 10.5 Å². The van der Waals surface area contributed by atoms with Crippen LogP contribution in [0.5, 0.6) is 0 Å². The minimum Gasteiger partial charge on any atom is -0.444 e. The molecule has 9 heteroatoms. The van der Waals surface area contributed by atoms with E-state index in [0.29, 0.717) is 5.56 Å². The van der Waals surface area contributed by atoms with Gasteiger partial charge in [0.15, 0.2) is 5.69 Å². The number of anilines is 1. The largest absolute Gasteiger partial charge is 0.444 e. The number of pyridine rings is 1. The van der Waals surface area contributed by atoms with Crippen molar-refractivity contribution in [3.63, 3.8) is 0 Å². The van der Waals surface area contributed by atoms with Gasteiger partial charge in [-0.05, 0) is 12.1 Å². The smallest absolute Gasteiger partial charge is 0.405 e. The van der Waals surface area contributed by atoms with Crippen LogP contribution in [0.25, 0.3) is 11.5 Å². The highest BCUT2D eigenvalue weighted by molar-refractivity contribution is 5.90. The Bertz CT molecular complexity index is 624. The van der Waals surface area contributed by atoms with E-state index in [1.807, 2.05) is 0 Å². The molecule has 0 fully saturated rings. The summed E-state index contributed by atoms with van der Waals surface area (Å²) in [6, 6.07) is 2.80. The maximum atomic E-state index is 12.1. The van der Waals surface area contributed by atoms with Gasteiger partial charge in [-0.15, -0.1) is 0 Å². The molecule has 2 aromatic rings. The highest BCUT2D eigenvalue weighted by Crippen LogP contribution is 2.21. The summed E-state index contributed by atoms with van der Waals surface area (Å²) in [6.45, 7) is -1.21. The third-order valence-electron chi connectivity index (χ3n) is 2.23. The molecule has 6 nitrogen and oxygen atoms in total. The average molecular weight is 286 g/mol. The number of hydrogen-bond acceptors (Lipinski definition) is 5. The maximum absolute atomic E-state index is 12.1. The Morgan fingerprint density at radius 2 is 2.20 bits per heavy atom. The van der Waals surface area contributed by atoms with E-state index < -0.39 is 18.6 Å². The molecule has 2 heterocycles. The van der Waals surface area contributed by atoms with E-state index in [2.05, 4.69) is 15.3 Å². The summed E-state index contributed by atoms with van der Waals surface area (Å²) >= 11 is 0. The van der Waals surface area contributed by atoms with Gasteiger partial charge in [0.1, 0.15) is 18.6 Å². The van der Waals surface area contributed by atoms with Crippen molar-refractivity contribution >= 4 is 11.7 Å². The van der Waals surface area contributed by atoms with Crippen molar-refractivity contribution in [2.45, 2.75) is 6.18 Å². The van der Waals surface area contributed by atoms with E-state index in [1.165, 1.54) is 18.3 Å². The number of nitrogens with one attached hydrogen (secondary N) is 1. The van der Waals surface area contributed by atoms with Gasteiger partial charge in [0.05, 0.1) is 0 Å². The summed E-state index contributed by atoms with van der Waals surface area (Å²) in [5.74, 6) is -0.681. The van der Waals surface area contributed by atoms with Crippen LogP contribution in [-0.4, -0.2) is 28.6 Å². The van der Waals surface area contributed by atoms with Gasteiger partial charge >= 0.3 is 6.18 Å². The summed E-state index contributed by atoms with van der Waals surface area (Å²) in [5.41, 5.74) is 5.32. The molecular formula is C11H9F3N4O2. The van der Waals surface area contributed by atoms with Gasteiger partial charge in [-0.25, -0.2) is 9.97 Å². The molecule has 0 aliphatic rings. The third-order valence-corrected chi connectivity index (χ3v) is 2.23. The van der Waals surface area contributed by atoms with Crippen molar-refractivity contribution in [3.8, 4) is 11.5 Å². The molecule has 0 aromatic carbocycles. The number of carbonyl (C=O) groups is 1. The fraction of sp³-hybridized carbons (Fsp3) is 0.182. The lowest BCUT2D eigenvalue weighted by Crippen LogP contribution is -2.21. The second-order valence-corrected chi connectivity index (χ2v) is 3.80. The van der Waals surface area contributed by atoms with Gasteiger partial charge in [-0.2, -0.15) is 13.2 Å². The Morgan fingerprint density at radius 1 is 1.45 bits per heavy atom. The molecule has 0 spiro atoms. The van der Waals surface area contributed by atoms with Gasteiger partial charge in [0.2, 0.25) is 5.89 Å². The second-order valence-electron chi connectivity index (χ2n) is 3.80. The van der Waals surface area contributed by atoms with Gasteiger partial charge in [0.25, 0.3) is 5.91 Å². The standard InChI is InChI=1S/C11H9F3N4O2/c12-11(13,14)5-17-8-3-6(1-2-16-8)10-18-7(4-20-10)9(15)19/h1-4H,5H2,(H2,15,19)(H,16,17). The first-order valence-electron chi connectivity index (χ1n) is 5.37. The van der Waals surface area contributed by atoms with Crippen molar-refractivity contribution in [3.05, 3.63) is 30.3 Å². The number of carbonyl (C=O) groups excluding carboxylic acids is 1. The highest BCUT2D eigenvalue weighted by Gasteiger charge is 2.26. The van der Waals surface area contributed by atoms with Crippen molar-refractivity contribution in [1.82, 2.24) is 9.97 Å². The van der Waals surface area contributed by atoms with Gasteiger partial charge in [-0.1, -0.05) is 0 Å². The van der Waals surface area contributed by atoms with Crippen molar-refractivity contribution < 1.29 is 22.4 Å². The van der Waals surface area contributed by atoms with Crippen molar-refractivity contribution in [1.29, 1.82) is 0 Å². The first-order chi connectivity index (χ1) is 9.35. The number of nitrogens with zero attached hydrogens (tertiary/aromatic N) is 2. The van der Waals surface area contributed by atoms with Crippen LogP contribution in [0, 0.1) is 0 Å². The summed E-state index contributed by atoms with van der Waals surface area (Å²) in [7, 11) is 0. The minimum atomic E-state index is -4.35. The topological polar surface area (TPSA) is 94.0 Å². The van der Waals surface area contributed by atoms with Crippen LogP contribution < -0.4 is 11.1 Å². The fourth-order valence-electron chi connectivity index (χ4n) is 1.37. The normalized spacial score (nSPS) is 11.3. The number of oxazole rings is 1. The van der Waals surface area contributed by atoms with E-state index >= 15 is 0 Å². The Balaban J connectivity index is 2.18.